The first kappa shape index (κ1) is 13.0. The summed E-state index contributed by atoms with van der Waals surface area (Å²) < 4.78 is 5.20. The van der Waals surface area contributed by atoms with Crippen molar-refractivity contribution in [2.45, 2.75) is 20.3 Å². The molecule has 0 aliphatic heterocycles. The molecule has 0 amide bonds. The lowest BCUT2D eigenvalue weighted by Gasteiger charge is -2.10. The number of hydrogen-bond donors (Lipinski definition) is 1. The number of ether oxygens (including phenoxy) is 1. The molecule has 0 aliphatic carbocycles. The molecule has 3 nitrogen and oxygen atoms in total. The number of pyridine rings is 1. The largest absolute Gasteiger partial charge is 0.495 e. The van der Waals surface area contributed by atoms with Gasteiger partial charge in [0.05, 0.1) is 17.6 Å². The van der Waals surface area contributed by atoms with Gasteiger partial charge in [-0.25, -0.2) is 0 Å². The number of anilines is 1. The van der Waals surface area contributed by atoms with Crippen molar-refractivity contribution in [2.75, 3.05) is 12.8 Å². The number of halogens is 1. The number of aromatic nitrogens is 1. The summed E-state index contributed by atoms with van der Waals surface area (Å²) in [4.78, 5) is 4.61. The zero-order valence-electron chi connectivity index (χ0n) is 10.8. The maximum atomic E-state index is 6.09. The van der Waals surface area contributed by atoms with E-state index >= 15 is 0 Å². The van der Waals surface area contributed by atoms with Crippen LogP contribution in [0.15, 0.2) is 18.2 Å². The highest BCUT2D eigenvalue weighted by Gasteiger charge is 2.09. The second kappa shape index (κ2) is 5.02. The van der Waals surface area contributed by atoms with Crippen molar-refractivity contribution in [2.24, 2.45) is 5.92 Å². The fourth-order valence-electron chi connectivity index (χ4n) is 1.99. The number of fused-ring (bicyclic) bond motifs is 1. The van der Waals surface area contributed by atoms with Crippen LogP contribution in [0.1, 0.15) is 19.5 Å². The van der Waals surface area contributed by atoms with Gasteiger partial charge in [0, 0.05) is 22.8 Å². The number of benzene rings is 1. The molecule has 2 aromatic rings. The Labute approximate surface area is 112 Å². The van der Waals surface area contributed by atoms with E-state index in [0.29, 0.717) is 22.4 Å². The lowest BCUT2D eigenvalue weighted by atomic mass is 10.1. The molecule has 96 valence electrons. The van der Waals surface area contributed by atoms with Crippen LogP contribution < -0.4 is 10.5 Å². The van der Waals surface area contributed by atoms with Gasteiger partial charge in [-0.05, 0) is 24.5 Å². The third kappa shape index (κ3) is 2.51. The summed E-state index contributed by atoms with van der Waals surface area (Å²) in [5.74, 6) is 1.17. The predicted octanol–water partition coefficient (Wildman–Crippen LogP) is 3.68. The Morgan fingerprint density at radius 3 is 2.67 bits per heavy atom. The smallest absolute Gasteiger partial charge is 0.139 e. The second-order valence-electron chi connectivity index (χ2n) is 4.80. The topological polar surface area (TPSA) is 48.1 Å². The molecule has 4 heteroatoms. The molecule has 0 spiro atoms. The van der Waals surface area contributed by atoms with E-state index in [-0.39, 0.29) is 0 Å². The van der Waals surface area contributed by atoms with E-state index in [1.54, 1.807) is 13.2 Å². The Morgan fingerprint density at radius 1 is 1.33 bits per heavy atom. The van der Waals surface area contributed by atoms with Gasteiger partial charge >= 0.3 is 0 Å². The van der Waals surface area contributed by atoms with Crippen LogP contribution >= 0.6 is 11.6 Å². The second-order valence-corrected chi connectivity index (χ2v) is 5.21. The summed E-state index contributed by atoms with van der Waals surface area (Å²) in [5.41, 5.74) is 8.59. The monoisotopic (exact) mass is 264 g/mol. The Kier molecular flexibility index (Phi) is 3.62. The highest BCUT2D eigenvalue weighted by molar-refractivity contribution is 6.33. The number of nitrogens with two attached hydrogens (primary N) is 1. The number of nitrogens with zero attached hydrogens (tertiary/aromatic N) is 1. The first-order chi connectivity index (χ1) is 8.51. The summed E-state index contributed by atoms with van der Waals surface area (Å²) in [6.45, 7) is 4.31. The maximum absolute atomic E-state index is 6.09. The lowest BCUT2D eigenvalue weighted by Crippen LogP contribution is -2.00. The molecule has 1 aromatic heterocycles. The molecule has 2 N–H and O–H groups in total. The first-order valence-electron chi connectivity index (χ1n) is 5.94. The van der Waals surface area contributed by atoms with Gasteiger partial charge in [0.2, 0.25) is 0 Å². The number of rotatable bonds is 3. The summed E-state index contributed by atoms with van der Waals surface area (Å²) in [5, 5.41) is 1.42. The van der Waals surface area contributed by atoms with Crippen molar-refractivity contribution in [1.82, 2.24) is 4.98 Å². The van der Waals surface area contributed by atoms with Crippen molar-refractivity contribution in [1.29, 1.82) is 0 Å². The highest BCUT2D eigenvalue weighted by atomic mass is 35.5. The molecule has 2 rings (SSSR count). The van der Waals surface area contributed by atoms with Crippen LogP contribution in [0.3, 0.4) is 0 Å². The summed E-state index contributed by atoms with van der Waals surface area (Å²) in [6, 6.07) is 5.56. The van der Waals surface area contributed by atoms with Crippen LogP contribution in [0.25, 0.3) is 10.9 Å². The number of nitrogen functional groups attached to an aromatic ring is 1. The fraction of sp³-hybridized carbons (Fsp3) is 0.357. The van der Waals surface area contributed by atoms with Crippen molar-refractivity contribution < 1.29 is 4.74 Å². The van der Waals surface area contributed by atoms with Gasteiger partial charge in [0.25, 0.3) is 0 Å². The molecule has 0 radical (unpaired) electrons. The van der Waals surface area contributed by atoms with E-state index in [2.05, 4.69) is 18.8 Å². The van der Waals surface area contributed by atoms with E-state index in [1.165, 1.54) is 0 Å². The zero-order chi connectivity index (χ0) is 13.3. The lowest BCUT2D eigenvalue weighted by molar-refractivity contribution is 0.415. The van der Waals surface area contributed by atoms with Gasteiger partial charge in [-0.1, -0.05) is 25.4 Å². The number of methoxy groups -OCH3 is 1. The van der Waals surface area contributed by atoms with Gasteiger partial charge in [-0.3, -0.25) is 4.98 Å². The van der Waals surface area contributed by atoms with Gasteiger partial charge in [0.1, 0.15) is 5.75 Å². The fourth-order valence-corrected chi connectivity index (χ4v) is 2.23. The van der Waals surface area contributed by atoms with Gasteiger partial charge in [-0.15, -0.1) is 0 Å². The number of hydrogen-bond acceptors (Lipinski definition) is 3. The minimum atomic E-state index is 0.545. The average Bonchev–Trinajstić information content (AvgIpc) is 2.28. The van der Waals surface area contributed by atoms with Crippen molar-refractivity contribution in [3.8, 4) is 5.75 Å². The third-order valence-corrected chi connectivity index (χ3v) is 3.08. The van der Waals surface area contributed by atoms with E-state index < -0.39 is 0 Å². The van der Waals surface area contributed by atoms with Crippen molar-refractivity contribution in [3.63, 3.8) is 0 Å². The molecule has 0 saturated carbocycles. The normalized spacial score (nSPS) is 11.2. The SMILES string of the molecule is COc1cc2nc(CC(C)C)cc(N)c2cc1Cl. The molecule has 1 heterocycles. The van der Waals surface area contributed by atoms with Gasteiger partial charge < -0.3 is 10.5 Å². The summed E-state index contributed by atoms with van der Waals surface area (Å²) >= 11 is 6.09. The summed E-state index contributed by atoms with van der Waals surface area (Å²) in [6.07, 6.45) is 0.908. The standard InChI is InChI=1S/C14H17ClN2O/c1-8(2)4-9-5-12(16)10-6-11(15)14(18-3)7-13(10)17-9/h5-8H,4H2,1-3H3,(H2,16,17). The average molecular weight is 265 g/mol. The zero-order valence-corrected chi connectivity index (χ0v) is 11.6. The molecule has 0 saturated heterocycles. The Hall–Kier alpha value is -1.48. The molecule has 18 heavy (non-hydrogen) atoms. The molecule has 0 fully saturated rings. The molecular weight excluding hydrogens is 248 g/mol. The minimum Gasteiger partial charge on any atom is -0.495 e. The minimum absolute atomic E-state index is 0.545. The first-order valence-corrected chi connectivity index (χ1v) is 6.31. The highest BCUT2D eigenvalue weighted by Crippen LogP contribution is 2.32. The van der Waals surface area contributed by atoms with Crippen molar-refractivity contribution >= 4 is 28.2 Å². The van der Waals surface area contributed by atoms with Crippen LogP contribution in [0.2, 0.25) is 5.02 Å². The van der Waals surface area contributed by atoms with Crippen LogP contribution in [0.5, 0.6) is 5.75 Å². The summed E-state index contributed by atoms with van der Waals surface area (Å²) in [7, 11) is 1.59. The molecule has 0 atom stereocenters. The van der Waals surface area contributed by atoms with E-state index in [4.69, 9.17) is 22.1 Å². The Morgan fingerprint density at radius 2 is 2.06 bits per heavy atom. The quantitative estimate of drug-likeness (QED) is 0.920. The predicted molar refractivity (Wildman–Crippen MR) is 76.3 cm³/mol. The van der Waals surface area contributed by atoms with E-state index in [1.807, 2.05) is 12.1 Å². The maximum Gasteiger partial charge on any atom is 0.139 e. The Bertz CT molecular complexity index is 582. The van der Waals surface area contributed by atoms with Crippen LogP contribution in [-0.2, 0) is 6.42 Å². The molecule has 0 unspecified atom stereocenters. The Balaban J connectivity index is 2.59. The van der Waals surface area contributed by atoms with Crippen molar-refractivity contribution in [3.05, 3.63) is 28.9 Å². The van der Waals surface area contributed by atoms with Crippen LogP contribution in [-0.4, -0.2) is 12.1 Å². The molecule has 1 aromatic carbocycles. The van der Waals surface area contributed by atoms with Crippen LogP contribution in [0.4, 0.5) is 5.69 Å². The molecular formula is C14H17ClN2O. The van der Waals surface area contributed by atoms with Gasteiger partial charge in [-0.2, -0.15) is 0 Å². The van der Waals surface area contributed by atoms with E-state index in [0.717, 1.165) is 23.0 Å². The molecule has 0 bridgehead atoms. The molecule has 0 aliphatic rings. The van der Waals surface area contributed by atoms with E-state index in [9.17, 15) is 0 Å². The van der Waals surface area contributed by atoms with Gasteiger partial charge in [0.15, 0.2) is 0 Å². The van der Waals surface area contributed by atoms with Crippen LogP contribution in [0, 0.1) is 5.92 Å². The third-order valence-electron chi connectivity index (χ3n) is 2.78.